The largest absolute Gasteiger partial charge is 0.455 e. The van der Waals surface area contributed by atoms with E-state index in [4.69, 9.17) is 14.4 Å². The molecule has 8 aromatic carbocycles. The van der Waals surface area contributed by atoms with E-state index in [-0.39, 0.29) is 0 Å². The highest BCUT2D eigenvalue weighted by Gasteiger charge is 2.25. The van der Waals surface area contributed by atoms with E-state index in [1.165, 1.54) is 10.9 Å². The zero-order chi connectivity index (χ0) is 36.0. The van der Waals surface area contributed by atoms with Gasteiger partial charge in [0.1, 0.15) is 22.4 Å². The average molecular weight is 703 g/mol. The van der Waals surface area contributed by atoms with Crippen molar-refractivity contribution in [1.29, 1.82) is 0 Å². The second-order valence-electron chi connectivity index (χ2n) is 14.2. The molecule has 0 N–H and O–H groups in total. The van der Waals surface area contributed by atoms with Crippen molar-refractivity contribution in [1.82, 2.24) is 19.1 Å². The Bertz CT molecular complexity index is 3470. The Morgan fingerprint density at radius 2 is 1.04 bits per heavy atom. The lowest BCUT2D eigenvalue weighted by atomic mass is 10.0. The summed E-state index contributed by atoms with van der Waals surface area (Å²) in [6.45, 7) is 0. The van der Waals surface area contributed by atoms with Crippen LogP contribution in [0.25, 0.3) is 110 Å². The van der Waals surface area contributed by atoms with Gasteiger partial charge in [-0.15, -0.1) is 0 Å². The number of rotatable bonds is 4. The lowest BCUT2D eigenvalue weighted by Gasteiger charge is -2.13. The molecule has 0 aliphatic heterocycles. The molecule has 0 aliphatic carbocycles. The lowest BCUT2D eigenvalue weighted by molar-refractivity contribution is 0.673. The standard InChI is InChI=1S/C50H30N4O/c1-3-13-31(14-4-1)32-23-25-34(26-24-32)46-48-47(44-36-18-8-7-15-33(36)27-29-41(44)53(48)35-16-5-2-6-17-35)52-50(51-46)54-40-21-11-9-20-39(40)45-42(54)30-28-38-37-19-10-12-22-43(37)55-49(38)45/h1-30H. The van der Waals surface area contributed by atoms with Gasteiger partial charge in [0.2, 0.25) is 5.95 Å². The van der Waals surface area contributed by atoms with E-state index < -0.39 is 0 Å². The maximum atomic E-state index is 6.63. The van der Waals surface area contributed by atoms with Crippen molar-refractivity contribution in [3.05, 3.63) is 182 Å². The van der Waals surface area contributed by atoms with Gasteiger partial charge in [0.25, 0.3) is 0 Å². The third-order valence-electron chi connectivity index (χ3n) is 11.1. The predicted octanol–water partition coefficient (Wildman–Crippen LogP) is 13.1. The molecule has 5 nitrogen and oxygen atoms in total. The fourth-order valence-corrected chi connectivity index (χ4v) is 8.69. The first kappa shape index (κ1) is 30.0. The number of hydrogen-bond acceptors (Lipinski definition) is 3. The number of para-hydroxylation sites is 3. The molecule has 256 valence electrons. The fraction of sp³-hybridized carbons (Fsp3) is 0. The van der Waals surface area contributed by atoms with Crippen LogP contribution in [0.1, 0.15) is 0 Å². The van der Waals surface area contributed by atoms with Gasteiger partial charge in [-0.25, -0.2) is 9.97 Å². The van der Waals surface area contributed by atoms with Gasteiger partial charge in [0.05, 0.1) is 27.5 Å². The van der Waals surface area contributed by atoms with Crippen LogP contribution >= 0.6 is 0 Å². The summed E-state index contributed by atoms with van der Waals surface area (Å²) in [4.78, 5) is 11.2. The van der Waals surface area contributed by atoms with Crippen molar-refractivity contribution in [2.24, 2.45) is 0 Å². The summed E-state index contributed by atoms with van der Waals surface area (Å²) in [6.07, 6.45) is 0. The van der Waals surface area contributed by atoms with Crippen LogP contribution in [0.15, 0.2) is 186 Å². The zero-order valence-electron chi connectivity index (χ0n) is 29.5. The number of nitrogens with zero attached hydrogens (tertiary/aromatic N) is 4. The van der Waals surface area contributed by atoms with Gasteiger partial charge in [-0.2, -0.15) is 0 Å². The number of fused-ring (bicyclic) bond motifs is 12. The zero-order valence-corrected chi connectivity index (χ0v) is 29.5. The molecule has 0 amide bonds. The summed E-state index contributed by atoms with van der Waals surface area (Å²) < 4.78 is 11.2. The first-order valence-corrected chi connectivity index (χ1v) is 18.6. The van der Waals surface area contributed by atoms with Gasteiger partial charge < -0.3 is 8.98 Å². The van der Waals surface area contributed by atoms with Crippen molar-refractivity contribution in [3.8, 4) is 34.0 Å². The molecular formula is C50H30N4O. The average Bonchev–Trinajstić information content (AvgIpc) is 3.92. The van der Waals surface area contributed by atoms with Crippen molar-refractivity contribution >= 4 is 76.5 Å². The number of aromatic nitrogens is 4. The highest BCUT2D eigenvalue weighted by molar-refractivity contribution is 6.25. The first-order valence-electron chi connectivity index (χ1n) is 18.6. The van der Waals surface area contributed by atoms with E-state index in [2.05, 4.69) is 179 Å². The minimum Gasteiger partial charge on any atom is -0.455 e. The van der Waals surface area contributed by atoms with Crippen LogP contribution in [0.2, 0.25) is 0 Å². The Labute approximate surface area is 315 Å². The van der Waals surface area contributed by atoms with Gasteiger partial charge in [-0.1, -0.05) is 140 Å². The van der Waals surface area contributed by atoms with Gasteiger partial charge >= 0.3 is 0 Å². The van der Waals surface area contributed by atoms with Crippen LogP contribution in [-0.2, 0) is 0 Å². The third kappa shape index (κ3) is 4.35. The summed E-state index contributed by atoms with van der Waals surface area (Å²) in [6, 6.07) is 64.1. The van der Waals surface area contributed by atoms with E-state index in [9.17, 15) is 0 Å². The highest BCUT2D eigenvalue weighted by atomic mass is 16.3. The van der Waals surface area contributed by atoms with Gasteiger partial charge in [-0.05, 0) is 64.4 Å². The quantitative estimate of drug-likeness (QED) is 0.183. The van der Waals surface area contributed by atoms with Crippen molar-refractivity contribution < 1.29 is 4.42 Å². The molecule has 4 aromatic heterocycles. The molecule has 0 fully saturated rings. The van der Waals surface area contributed by atoms with Crippen LogP contribution in [0.4, 0.5) is 0 Å². The molecule has 0 radical (unpaired) electrons. The fourth-order valence-electron chi connectivity index (χ4n) is 8.69. The molecule has 0 saturated carbocycles. The van der Waals surface area contributed by atoms with Crippen LogP contribution in [0, 0.1) is 0 Å². The predicted molar refractivity (Wildman–Crippen MR) is 226 cm³/mol. The normalized spacial score (nSPS) is 12.0. The molecule has 0 saturated heterocycles. The van der Waals surface area contributed by atoms with Crippen LogP contribution in [0.5, 0.6) is 0 Å². The first-order chi connectivity index (χ1) is 27.3. The number of hydrogen-bond donors (Lipinski definition) is 0. The molecule has 5 heteroatoms. The van der Waals surface area contributed by atoms with Crippen LogP contribution in [-0.4, -0.2) is 19.1 Å². The molecular weight excluding hydrogens is 673 g/mol. The van der Waals surface area contributed by atoms with Gasteiger partial charge in [0, 0.05) is 32.8 Å². The van der Waals surface area contributed by atoms with Crippen LogP contribution < -0.4 is 0 Å². The molecule has 0 atom stereocenters. The van der Waals surface area contributed by atoms with E-state index in [0.29, 0.717) is 5.95 Å². The summed E-state index contributed by atoms with van der Waals surface area (Å²) in [7, 11) is 0. The van der Waals surface area contributed by atoms with Gasteiger partial charge in [0.15, 0.2) is 0 Å². The molecule has 55 heavy (non-hydrogen) atoms. The Balaban J connectivity index is 1.24. The monoisotopic (exact) mass is 702 g/mol. The minimum absolute atomic E-state index is 0.608. The second kappa shape index (κ2) is 11.5. The molecule has 0 spiro atoms. The van der Waals surface area contributed by atoms with E-state index >= 15 is 0 Å². The molecule has 4 heterocycles. The van der Waals surface area contributed by atoms with Crippen molar-refractivity contribution in [2.45, 2.75) is 0 Å². The molecule has 0 bridgehead atoms. The van der Waals surface area contributed by atoms with E-state index in [0.717, 1.165) is 93.6 Å². The van der Waals surface area contributed by atoms with E-state index in [1.807, 2.05) is 12.1 Å². The molecule has 12 rings (SSSR count). The lowest BCUT2D eigenvalue weighted by Crippen LogP contribution is -2.05. The second-order valence-corrected chi connectivity index (χ2v) is 14.2. The third-order valence-corrected chi connectivity index (χ3v) is 11.1. The number of furan rings is 1. The minimum atomic E-state index is 0.608. The van der Waals surface area contributed by atoms with E-state index in [1.54, 1.807) is 0 Å². The SMILES string of the molecule is c1ccc(-c2ccc(-c3nc(-n4c5ccccc5c5c6oc7ccccc7c6ccc54)nc4c5c6ccccc6ccc5n(-c5ccccc5)c34)cc2)cc1. The Kier molecular flexibility index (Phi) is 6.27. The molecule has 0 unspecified atom stereocenters. The van der Waals surface area contributed by atoms with Crippen molar-refractivity contribution in [3.63, 3.8) is 0 Å². The summed E-state index contributed by atoms with van der Waals surface area (Å²) in [5.41, 5.74) is 12.0. The Hall–Kier alpha value is -7.50. The highest BCUT2D eigenvalue weighted by Crippen LogP contribution is 2.43. The van der Waals surface area contributed by atoms with Crippen molar-refractivity contribution in [2.75, 3.05) is 0 Å². The maximum Gasteiger partial charge on any atom is 0.235 e. The topological polar surface area (TPSA) is 48.8 Å². The number of benzene rings is 8. The smallest absolute Gasteiger partial charge is 0.235 e. The van der Waals surface area contributed by atoms with Gasteiger partial charge in [-0.3, -0.25) is 4.57 Å². The Morgan fingerprint density at radius 1 is 0.400 bits per heavy atom. The Morgan fingerprint density at radius 3 is 1.87 bits per heavy atom. The summed E-state index contributed by atoms with van der Waals surface area (Å²) in [5, 5.41) is 7.77. The maximum absolute atomic E-state index is 6.63. The summed E-state index contributed by atoms with van der Waals surface area (Å²) >= 11 is 0. The molecule has 12 aromatic rings. The van der Waals surface area contributed by atoms with Crippen LogP contribution in [0.3, 0.4) is 0 Å². The molecule has 0 aliphatic rings. The summed E-state index contributed by atoms with van der Waals surface area (Å²) in [5.74, 6) is 0.608.